The first-order chi connectivity index (χ1) is 9.24. The molecule has 1 fully saturated rings. The molecule has 1 aliphatic carbocycles. The number of hydrogen-bond acceptors (Lipinski definition) is 1. The van der Waals surface area contributed by atoms with Crippen LogP contribution >= 0.6 is 0 Å². The molecule has 0 atom stereocenters. The van der Waals surface area contributed by atoms with Gasteiger partial charge in [0, 0.05) is 0 Å². The predicted octanol–water partition coefficient (Wildman–Crippen LogP) is 5.30. The summed E-state index contributed by atoms with van der Waals surface area (Å²) in [6, 6.07) is 5.45. The number of ether oxygens (including phenoxy) is 1. The Morgan fingerprint density at radius 1 is 1.21 bits per heavy atom. The molecular formula is C17H25FO. The summed E-state index contributed by atoms with van der Waals surface area (Å²) in [7, 11) is 1.51. The third-order valence-electron chi connectivity index (χ3n) is 4.46. The van der Waals surface area contributed by atoms with Crippen LogP contribution in [0.15, 0.2) is 18.2 Å². The molecule has 1 nitrogen and oxygen atoms in total. The Morgan fingerprint density at radius 3 is 2.53 bits per heavy atom. The van der Waals surface area contributed by atoms with Crippen LogP contribution in [0, 0.1) is 11.7 Å². The summed E-state index contributed by atoms with van der Waals surface area (Å²) in [4.78, 5) is 0. The Kier molecular flexibility index (Phi) is 5.24. The predicted molar refractivity (Wildman–Crippen MR) is 77.2 cm³/mol. The summed E-state index contributed by atoms with van der Waals surface area (Å²) < 4.78 is 18.7. The number of methoxy groups -OCH3 is 1. The molecule has 0 unspecified atom stereocenters. The van der Waals surface area contributed by atoms with Crippen molar-refractivity contribution in [3.63, 3.8) is 0 Å². The molecule has 1 aromatic carbocycles. The normalized spacial score (nSPS) is 23.3. The molecule has 0 saturated heterocycles. The maximum atomic E-state index is 13.7. The van der Waals surface area contributed by atoms with Gasteiger partial charge >= 0.3 is 0 Å². The van der Waals surface area contributed by atoms with Gasteiger partial charge in [0.15, 0.2) is 11.6 Å². The Balaban J connectivity index is 1.92. The quantitative estimate of drug-likeness (QED) is 0.701. The summed E-state index contributed by atoms with van der Waals surface area (Å²) >= 11 is 0. The zero-order valence-electron chi connectivity index (χ0n) is 12.1. The first kappa shape index (κ1) is 14.4. The lowest BCUT2D eigenvalue weighted by Gasteiger charge is -2.29. The average Bonchev–Trinajstić information content (AvgIpc) is 2.45. The number of unbranched alkanes of at least 4 members (excludes halogenated alkanes) is 1. The Bertz CT molecular complexity index is 394. The van der Waals surface area contributed by atoms with Gasteiger partial charge in [-0.2, -0.15) is 0 Å². The van der Waals surface area contributed by atoms with Crippen LogP contribution in [0.25, 0.3) is 0 Å². The van der Waals surface area contributed by atoms with Crippen LogP contribution in [0.2, 0.25) is 0 Å². The third-order valence-corrected chi connectivity index (χ3v) is 4.46. The molecule has 2 heteroatoms. The molecule has 0 N–H and O–H groups in total. The first-order valence-corrected chi connectivity index (χ1v) is 7.58. The lowest BCUT2D eigenvalue weighted by molar-refractivity contribution is 0.303. The Labute approximate surface area is 116 Å². The fourth-order valence-corrected chi connectivity index (χ4v) is 3.21. The molecule has 1 aromatic rings. The largest absolute Gasteiger partial charge is 0.494 e. The van der Waals surface area contributed by atoms with E-state index in [-0.39, 0.29) is 5.82 Å². The molecule has 0 heterocycles. The Hall–Kier alpha value is -1.05. The lowest BCUT2D eigenvalue weighted by atomic mass is 9.77. The molecule has 2 rings (SSSR count). The van der Waals surface area contributed by atoms with Crippen molar-refractivity contribution in [3.8, 4) is 5.75 Å². The van der Waals surface area contributed by atoms with E-state index in [2.05, 4.69) is 6.92 Å². The fraction of sp³-hybridized carbons (Fsp3) is 0.647. The lowest BCUT2D eigenvalue weighted by Crippen LogP contribution is -2.13. The molecular weight excluding hydrogens is 239 g/mol. The van der Waals surface area contributed by atoms with Gasteiger partial charge in [-0.1, -0.05) is 32.3 Å². The highest BCUT2D eigenvalue weighted by atomic mass is 19.1. The number of rotatable bonds is 5. The van der Waals surface area contributed by atoms with Gasteiger partial charge in [0.05, 0.1) is 7.11 Å². The minimum Gasteiger partial charge on any atom is -0.494 e. The molecule has 1 saturated carbocycles. The average molecular weight is 264 g/mol. The zero-order valence-corrected chi connectivity index (χ0v) is 12.1. The van der Waals surface area contributed by atoms with E-state index >= 15 is 0 Å². The van der Waals surface area contributed by atoms with Crippen LogP contribution < -0.4 is 4.74 Å². The molecule has 0 radical (unpaired) electrons. The molecule has 19 heavy (non-hydrogen) atoms. The number of benzene rings is 1. The van der Waals surface area contributed by atoms with Crippen LogP contribution in [0.3, 0.4) is 0 Å². The highest BCUT2D eigenvalue weighted by Gasteiger charge is 2.22. The number of hydrogen-bond donors (Lipinski definition) is 0. The summed E-state index contributed by atoms with van der Waals surface area (Å²) in [5, 5.41) is 0. The van der Waals surface area contributed by atoms with Crippen molar-refractivity contribution in [1.29, 1.82) is 0 Å². The SMILES string of the molecule is CCCCC1CCC(c2ccc(OC)c(F)c2)CC1. The van der Waals surface area contributed by atoms with E-state index in [1.807, 2.05) is 6.07 Å². The van der Waals surface area contributed by atoms with E-state index in [1.54, 1.807) is 12.1 Å². The van der Waals surface area contributed by atoms with Gasteiger partial charge in [0.2, 0.25) is 0 Å². The second kappa shape index (κ2) is 6.93. The van der Waals surface area contributed by atoms with Crippen LogP contribution in [-0.4, -0.2) is 7.11 Å². The molecule has 0 amide bonds. The highest BCUT2D eigenvalue weighted by Crippen LogP contribution is 2.38. The fourth-order valence-electron chi connectivity index (χ4n) is 3.21. The second-order valence-corrected chi connectivity index (χ2v) is 5.75. The van der Waals surface area contributed by atoms with Crippen molar-refractivity contribution in [2.75, 3.05) is 7.11 Å². The molecule has 0 aromatic heterocycles. The first-order valence-electron chi connectivity index (χ1n) is 7.58. The van der Waals surface area contributed by atoms with Gasteiger partial charge < -0.3 is 4.74 Å². The van der Waals surface area contributed by atoms with Crippen molar-refractivity contribution in [3.05, 3.63) is 29.6 Å². The smallest absolute Gasteiger partial charge is 0.165 e. The van der Waals surface area contributed by atoms with Crippen molar-refractivity contribution >= 4 is 0 Å². The minimum atomic E-state index is -0.229. The van der Waals surface area contributed by atoms with Crippen molar-refractivity contribution < 1.29 is 9.13 Å². The third kappa shape index (κ3) is 3.71. The van der Waals surface area contributed by atoms with Gasteiger partial charge in [-0.15, -0.1) is 0 Å². The van der Waals surface area contributed by atoms with Gasteiger partial charge in [0.25, 0.3) is 0 Å². The molecule has 106 valence electrons. The summed E-state index contributed by atoms with van der Waals surface area (Å²) in [5.41, 5.74) is 1.15. The molecule has 0 spiro atoms. The van der Waals surface area contributed by atoms with Gasteiger partial charge in [0.1, 0.15) is 0 Å². The summed E-state index contributed by atoms with van der Waals surface area (Å²) in [6.45, 7) is 2.26. The van der Waals surface area contributed by atoms with E-state index in [0.717, 1.165) is 11.5 Å². The van der Waals surface area contributed by atoms with E-state index in [1.165, 1.54) is 52.1 Å². The highest BCUT2D eigenvalue weighted by molar-refractivity contribution is 5.31. The number of halogens is 1. The minimum absolute atomic E-state index is 0.229. The van der Waals surface area contributed by atoms with Crippen LogP contribution in [0.4, 0.5) is 4.39 Å². The van der Waals surface area contributed by atoms with Gasteiger partial charge in [-0.25, -0.2) is 4.39 Å². The van der Waals surface area contributed by atoms with Crippen molar-refractivity contribution in [2.24, 2.45) is 5.92 Å². The molecule has 1 aliphatic rings. The van der Waals surface area contributed by atoms with E-state index in [0.29, 0.717) is 11.7 Å². The van der Waals surface area contributed by atoms with E-state index in [9.17, 15) is 4.39 Å². The maximum absolute atomic E-state index is 13.7. The monoisotopic (exact) mass is 264 g/mol. The van der Waals surface area contributed by atoms with Crippen LogP contribution in [0.5, 0.6) is 5.75 Å². The topological polar surface area (TPSA) is 9.23 Å². The maximum Gasteiger partial charge on any atom is 0.165 e. The summed E-state index contributed by atoms with van der Waals surface area (Å²) in [5.74, 6) is 1.56. The summed E-state index contributed by atoms with van der Waals surface area (Å²) in [6.07, 6.45) is 9.05. The van der Waals surface area contributed by atoms with Gasteiger partial charge in [-0.3, -0.25) is 0 Å². The van der Waals surface area contributed by atoms with Crippen LogP contribution in [0.1, 0.15) is 63.4 Å². The molecule has 0 aliphatic heterocycles. The standard InChI is InChI=1S/C17H25FO/c1-3-4-5-13-6-8-14(9-7-13)15-10-11-17(19-2)16(18)12-15/h10-14H,3-9H2,1-2H3. The Morgan fingerprint density at radius 2 is 1.95 bits per heavy atom. The van der Waals surface area contributed by atoms with Crippen molar-refractivity contribution in [2.45, 2.75) is 57.8 Å². The second-order valence-electron chi connectivity index (χ2n) is 5.75. The van der Waals surface area contributed by atoms with E-state index < -0.39 is 0 Å². The molecule has 0 bridgehead atoms. The van der Waals surface area contributed by atoms with Crippen molar-refractivity contribution in [1.82, 2.24) is 0 Å². The zero-order chi connectivity index (χ0) is 13.7. The van der Waals surface area contributed by atoms with Gasteiger partial charge in [-0.05, 0) is 55.2 Å². The van der Waals surface area contributed by atoms with E-state index in [4.69, 9.17) is 4.74 Å². The van der Waals surface area contributed by atoms with Crippen LogP contribution in [-0.2, 0) is 0 Å².